The smallest absolute Gasteiger partial charge is 0.417 e. The van der Waals surface area contributed by atoms with E-state index in [1.807, 2.05) is 0 Å². The van der Waals surface area contributed by atoms with Gasteiger partial charge in [0.1, 0.15) is 5.75 Å². The van der Waals surface area contributed by atoms with Gasteiger partial charge in [0.05, 0.1) is 5.56 Å². The summed E-state index contributed by atoms with van der Waals surface area (Å²) in [6, 6.07) is 1.35. The van der Waals surface area contributed by atoms with Gasteiger partial charge < -0.3 is 4.74 Å². The molecule has 0 atom stereocenters. The fourth-order valence-electron chi connectivity index (χ4n) is 1.33. The quantitative estimate of drug-likeness (QED) is 0.448. The third-order valence-corrected chi connectivity index (χ3v) is 2.80. The fraction of sp³-hybridized carbons (Fsp3) is 0.300. The fourth-order valence-corrected chi connectivity index (χ4v) is 2.31. The minimum absolute atomic E-state index is 0.0921. The number of Topliss-reactive ketones (excluding diaryl/α,β-unsaturated/α-hetero) is 1. The van der Waals surface area contributed by atoms with E-state index >= 15 is 0 Å². The van der Waals surface area contributed by atoms with Crippen molar-refractivity contribution in [2.45, 2.75) is 19.7 Å². The minimum atomic E-state index is -4.82. The summed E-state index contributed by atoms with van der Waals surface area (Å²) in [5, 5.41) is 0. The Morgan fingerprint density at radius 3 is 2.28 bits per heavy atom. The predicted octanol–water partition coefficient (Wildman–Crippen LogP) is 4.11. The molecule has 0 amide bonds. The van der Waals surface area contributed by atoms with Crippen molar-refractivity contribution in [1.29, 1.82) is 0 Å². The molecule has 1 aromatic carbocycles. The van der Waals surface area contributed by atoms with E-state index in [1.54, 1.807) is 0 Å². The SMILES string of the molecule is CC(=O)c1c(I)cc(OC(F)F)cc1C(F)(F)F. The number of ether oxygens (including phenoxy) is 1. The Morgan fingerprint density at radius 1 is 1.33 bits per heavy atom. The van der Waals surface area contributed by atoms with E-state index in [0.29, 0.717) is 6.07 Å². The Morgan fingerprint density at radius 2 is 1.89 bits per heavy atom. The van der Waals surface area contributed by atoms with Crippen molar-refractivity contribution in [3.05, 3.63) is 26.8 Å². The zero-order valence-corrected chi connectivity index (χ0v) is 11.0. The molecule has 0 aliphatic rings. The third kappa shape index (κ3) is 3.53. The largest absolute Gasteiger partial charge is 0.435 e. The summed E-state index contributed by atoms with van der Waals surface area (Å²) in [5.74, 6) is -1.43. The monoisotopic (exact) mass is 380 g/mol. The molecule has 0 bridgehead atoms. The van der Waals surface area contributed by atoms with E-state index in [0.717, 1.165) is 13.0 Å². The van der Waals surface area contributed by atoms with Crippen molar-refractivity contribution in [1.82, 2.24) is 0 Å². The van der Waals surface area contributed by atoms with Gasteiger partial charge in [-0.25, -0.2) is 0 Å². The first-order valence-electron chi connectivity index (χ1n) is 4.49. The molecule has 8 heteroatoms. The van der Waals surface area contributed by atoms with Crippen LogP contribution in [0.4, 0.5) is 22.0 Å². The third-order valence-electron chi connectivity index (χ3n) is 1.95. The molecule has 0 saturated carbocycles. The molecule has 0 radical (unpaired) electrons. The number of halogens is 6. The molecule has 0 spiro atoms. The van der Waals surface area contributed by atoms with Crippen LogP contribution in [0.5, 0.6) is 5.75 Å². The van der Waals surface area contributed by atoms with Crippen LogP contribution in [0.25, 0.3) is 0 Å². The molecule has 0 aliphatic carbocycles. The molecule has 0 unspecified atom stereocenters. The predicted molar refractivity (Wildman–Crippen MR) is 60.8 cm³/mol. The van der Waals surface area contributed by atoms with Gasteiger partial charge >= 0.3 is 12.8 Å². The van der Waals surface area contributed by atoms with E-state index < -0.39 is 35.4 Å². The van der Waals surface area contributed by atoms with Gasteiger partial charge in [-0.05, 0) is 41.6 Å². The molecule has 1 aromatic rings. The van der Waals surface area contributed by atoms with Crippen molar-refractivity contribution >= 4 is 28.4 Å². The lowest BCUT2D eigenvalue weighted by Crippen LogP contribution is -2.14. The molecule has 0 aromatic heterocycles. The lowest BCUT2D eigenvalue weighted by atomic mass is 10.0. The van der Waals surface area contributed by atoms with Crippen molar-refractivity contribution in [2.75, 3.05) is 0 Å². The molecule has 0 fully saturated rings. The highest BCUT2D eigenvalue weighted by Crippen LogP contribution is 2.37. The lowest BCUT2D eigenvalue weighted by molar-refractivity contribution is -0.138. The first-order chi connectivity index (χ1) is 8.12. The maximum Gasteiger partial charge on any atom is 0.417 e. The van der Waals surface area contributed by atoms with Crippen molar-refractivity contribution < 1.29 is 31.5 Å². The maximum absolute atomic E-state index is 12.7. The molecule has 2 nitrogen and oxygen atoms in total. The molecule has 0 heterocycles. The first kappa shape index (κ1) is 15.1. The summed E-state index contributed by atoms with van der Waals surface area (Å²) in [6.45, 7) is -2.26. The molecule has 1 rings (SSSR count). The van der Waals surface area contributed by atoms with Crippen molar-refractivity contribution in [3.63, 3.8) is 0 Å². The molecular weight excluding hydrogens is 374 g/mol. The van der Waals surface area contributed by atoms with Crippen LogP contribution in [0.15, 0.2) is 12.1 Å². The number of carbonyl (C=O) groups is 1. The normalized spacial score (nSPS) is 11.8. The lowest BCUT2D eigenvalue weighted by Gasteiger charge is -2.15. The van der Waals surface area contributed by atoms with Crippen LogP contribution >= 0.6 is 22.6 Å². The van der Waals surface area contributed by atoms with Crippen LogP contribution in [-0.4, -0.2) is 12.4 Å². The van der Waals surface area contributed by atoms with Gasteiger partial charge in [0.15, 0.2) is 5.78 Å². The van der Waals surface area contributed by atoms with Crippen LogP contribution in [0.3, 0.4) is 0 Å². The van der Waals surface area contributed by atoms with Crippen LogP contribution in [-0.2, 0) is 6.18 Å². The molecule has 100 valence electrons. The van der Waals surface area contributed by atoms with E-state index in [-0.39, 0.29) is 3.57 Å². The summed E-state index contributed by atoms with van der Waals surface area (Å²) >= 11 is 1.47. The summed E-state index contributed by atoms with van der Waals surface area (Å²) in [4.78, 5) is 11.2. The molecule has 0 saturated heterocycles. The standard InChI is InChI=1S/C10H6F5IO2/c1-4(17)8-6(10(13,14)15)2-5(3-7(8)16)18-9(11)12/h2-3,9H,1H3. The highest BCUT2D eigenvalue weighted by atomic mass is 127. The van der Waals surface area contributed by atoms with E-state index in [9.17, 15) is 26.7 Å². The summed E-state index contributed by atoms with van der Waals surface area (Å²) in [6.07, 6.45) is -4.82. The van der Waals surface area contributed by atoms with Crippen molar-refractivity contribution in [2.24, 2.45) is 0 Å². The van der Waals surface area contributed by atoms with E-state index in [1.165, 1.54) is 22.6 Å². The summed E-state index contributed by atoms with van der Waals surface area (Å²) < 4.78 is 65.9. The number of alkyl halides is 5. The van der Waals surface area contributed by atoms with Gasteiger partial charge in [0, 0.05) is 9.13 Å². The van der Waals surface area contributed by atoms with Crippen LogP contribution in [0.2, 0.25) is 0 Å². The molecule has 0 N–H and O–H groups in total. The van der Waals surface area contributed by atoms with Gasteiger partial charge in [-0.1, -0.05) is 0 Å². The molecular formula is C10H6F5IO2. The second kappa shape index (κ2) is 5.37. The number of ketones is 1. The summed E-state index contributed by atoms with van der Waals surface area (Å²) in [5.41, 5.74) is -1.83. The second-order valence-electron chi connectivity index (χ2n) is 3.26. The van der Waals surface area contributed by atoms with Gasteiger partial charge in [-0.15, -0.1) is 0 Å². The second-order valence-corrected chi connectivity index (χ2v) is 4.42. The zero-order chi connectivity index (χ0) is 14.1. The van der Waals surface area contributed by atoms with Gasteiger partial charge in [0.2, 0.25) is 0 Å². The number of carbonyl (C=O) groups excluding carboxylic acids is 1. The average Bonchev–Trinajstić information content (AvgIpc) is 2.12. The first-order valence-corrected chi connectivity index (χ1v) is 5.57. The number of rotatable bonds is 3. The summed E-state index contributed by atoms with van der Waals surface area (Å²) in [7, 11) is 0. The maximum atomic E-state index is 12.7. The van der Waals surface area contributed by atoms with Gasteiger partial charge in [-0.2, -0.15) is 22.0 Å². The molecule has 0 aliphatic heterocycles. The number of hydrogen-bond donors (Lipinski definition) is 0. The topological polar surface area (TPSA) is 26.3 Å². The highest BCUT2D eigenvalue weighted by Gasteiger charge is 2.36. The molecule has 18 heavy (non-hydrogen) atoms. The Balaban J connectivity index is 3.43. The van der Waals surface area contributed by atoms with E-state index in [4.69, 9.17) is 0 Å². The Hall–Kier alpha value is -0.930. The van der Waals surface area contributed by atoms with Crippen LogP contribution in [0.1, 0.15) is 22.8 Å². The Kier molecular flexibility index (Phi) is 4.51. The van der Waals surface area contributed by atoms with Crippen LogP contribution < -0.4 is 4.74 Å². The number of hydrogen-bond acceptors (Lipinski definition) is 2. The number of benzene rings is 1. The van der Waals surface area contributed by atoms with Gasteiger partial charge in [0.25, 0.3) is 0 Å². The Labute approximate surface area is 112 Å². The van der Waals surface area contributed by atoms with Crippen LogP contribution in [0, 0.1) is 3.57 Å². The van der Waals surface area contributed by atoms with Crippen molar-refractivity contribution in [3.8, 4) is 5.75 Å². The van der Waals surface area contributed by atoms with Gasteiger partial charge in [-0.3, -0.25) is 4.79 Å². The Bertz CT molecular complexity index is 470. The van der Waals surface area contributed by atoms with E-state index in [2.05, 4.69) is 4.74 Å². The highest BCUT2D eigenvalue weighted by molar-refractivity contribution is 14.1. The zero-order valence-electron chi connectivity index (χ0n) is 8.82. The minimum Gasteiger partial charge on any atom is -0.435 e. The average molecular weight is 380 g/mol.